The molecule has 0 bridgehead atoms. The highest BCUT2D eigenvalue weighted by Gasteiger charge is 2.34. The average Bonchev–Trinajstić information content (AvgIpc) is 2.60. The van der Waals surface area contributed by atoms with Gasteiger partial charge in [-0.2, -0.15) is 0 Å². The van der Waals surface area contributed by atoms with Crippen LogP contribution in [-0.2, 0) is 16.1 Å². The predicted octanol–water partition coefficient (Wildman–Crippen LogP) is 0.366. The molecule has 1 aliphatic heterocycles. The van der Waals surface area contributed by atoms with Gasteiger partial charge in [0.05, 0.1) is 18.4 Å². The van der Waals surface area contributed by atoms with Crippen LogP contribution in [0.1, 0.15) is 23.9 Å². The summed E-state index contributed by atoms with van der Waals surface area (Å²) in [6, 6.07) is -0.396. The van der Waals surface area contributed by atoms with Crippen LogP contribution in [0.15, 0.2) is 4.52 Å². The summed E-state index contributed by atoms with van der Waals surface area (Å²) in [6.45, 7) is 7.54. The van der Waals surface area contributed by atoms with Crippen LogP contribution in [0.4, 0.5) is 0 Å². The maximum Gasteiger partial charge on any atom is 0.237 e. The summed E-state index contributed by atoms with van der Waals surface area (Å²) in [5, 5.41) is 3.92. The summed E-state index contributed by atoms with van der Waals surface area (Å²) in [6.07, 6.45) is -0.184. The molecule has 2 N–H and O–H groups in total. The van der Waals surface area contributed by atoms with E-state index in [-0.39, 0.29) is 12.0 Å². The minimum absolute atomic E-state index is 0.184. The van der Waals surface area contributed by atoms with Gasteiger partial charge in [0.15, 0.2) is 0 Å². The number of hydrogen-bond acceptors (Lipinski definition) is 5. The van der Waals surface area contributed by atoms with Gasteiger partial charge in [-0.05, 0) is 20.8 Å². The van der Waals surface area contributed by atoms with E-state index >= 15 is 0 Å². The van der Waals surface area contributed by atoms with Gasteiger partial charge >= 0.3 is 0 Å². The molecule has 1 aliphatic rings. The van der Waals surface area contributed by atoms with Crippen molar-refractivity contribution in [2.75, 3.05) is 13.2 Å². The lowest BCUT2D eigenvalue weighted by atomic mass is 10.1. The molecular formula is C12H19N3O3. The number of carbonyl (C=O) groups excluding carboxylic acids is 1. The summed E-state index contributed by atoms with van der Waals surface area (Å²) in [5.41, 5.74) is 7.33. The Morgan fingerprint density at radius 1 is 1.56 bits per heavy atom. The molecule has 0 aliphatic carbocycles. The second-order valence-electron chi connectivity index (χ2n) is 4.70. The normalized spacial score (nSPS) is 25.3. The molecule has 0 spiro atoms. The number of amides is 1. The van der Waals surface area contributed by atoms with Crippen molar-refractivity contribution in [2.24, 2.45) is 5.73 Å². The summed E-state index contributed by atoms with van der Waals surface area (Å²) in [7, 11) is 0. The fourth-order valence-electron chi connectivity index (χ4n) is 2.40. The van der Waals surface area contributed by atoms with Gasteiger partial charge in [-0.3, -0.25) is 9.69 Å². The quantitative estimate of drug-likeness (QED) is 0.841. The Labute approximate surface area is 106 Å². The third kappa shape index (κ3) is 2.39. The zero-order chi connectivity index (χ0) is 13.3. The molecule has 0 unspecified atom stereocenters. The van der Waals surface area contributed by atoms with Crippen LogP contribution in [0.5, 0.6) is 0 Å². The zero-order valence-electron chi connectivity index (χ0n) is 11.0. The Morgan fingerprint density at radius 2 is 2.28 bits per heavy atom. The Balaban J connectivity index is 2.18. The number of nitrogens with zero attached hydrogens (tertiary/aromatic N) is 2. The molecule has 1 aromatic heterocycles. The number of morpholine rings is 1. The van der Waals surface area contributed by atoms with Gasteiger partial charge in [0.25, 0.3) is 0 Å². The molecule has 0 saturated carbocycles. The highest BCUT2D eigenvalue weighted by atomic mass is 16.5. The Morgan fingerprint density at radius 3 is 2.83 bits per heavy atom. The molecular weight excluding hydrogens is 234 g/mol. The van der Waals surface area contributed by atoms with Crippen LogP contribution in [0.25, 0.3) is 0 Å². The summed E-state index contributed by atoms with van der Waals surface area (Å²) < 4.78 is 10.6. The van der Waals surface area contributed by atoms with Gasteiger partial charge in [0, 0.05) is 18.7 Å². The van der Waals surface area contributed by atoms with E-state index in [1.54, 1.807) is 0 Å². The molecule has 2 heterocycles. The van der Waals surface area contributed by atoms with Crippen LogP contribution in [0.3, 0.4) is 0 Å². The number of hydrogen-bond donors (Lipinski definition) is 1. The molecule has 6 nitrogen and oxygen atoms in total. The number of primary amides is 1. The first-order valence-electron chi connectivity index (χ1n) is 6.07. The van der Waals surface area contributed by atoms with E-state index in [0.717, 1.165) is 17.0 Å². The Kier molecular flexibility index (Phi) is 3.68. The van der Waals surface area contributed by atoms with E-state index in [0.29, 0.717) is 19.7 Å². The SMILES string of the molecule is Cc1noc(C)c1CN1CCO[C@H](C)[C@H]1C(N)=O. The molecule has 0 radical (unpaired) electrons. The Hall–Kier alpha value is -1.40. The third-order valence-corrected chi connectivity index (χ3v) is 3.43. The van der Waals surface area contributed by atoms with Crippen LogP contribution in [0.2, 0.25) is 0 Å². The average molecular weight is 253 g/mol. The first-order chi connectivity index (χ1) is 8.50. The molecule has 1 aromatic rings. The van der Waals surface area contributed by atoms with Gasteiger partial charge in [-0.15, -0.1) is 0 Å². The zero-order valence-corrected chi connectivity index (χ0v) is 11.0. The third-order valence-electron chi connectivity index (χ3n) is 3.43. The highest BCUT2D eigenvalue weighted by molar-refractivity contribution is 5.80. The van der Waals surface area contributed by atoms with Crippen LogP contribution in [-0.4, -0.2) is 41.3 Å². The first kappa shape index (κ1) is 13.0. The first-order valence-corrected chi connectivity index (χ1v) is 6.07. The fourth-order valence-corrected chi connectivity index (χ4v) is 2.40. The minimum atomic E-state index is -0.396. The number of aryl methyl sites for hydroxylation is 2. The number of aromatic nitrogens is 1. The van der Waals surface area contributed by atoms with E-state index < -0.39 is 6.04 Å². The molecule has 2 atom stereocenters. The fraction of sp³-hybridized carbons (Fsp3) is 0.667. The van der Waals surface area contributed by atoms with Crippen molar-refractivity contribution < 1.29 is 14.1 Å². The number of ether oxygens (including phenoxy) is 1. The van der Waals surface area contributed by atoms with Crippen LogP contribution < -0.4 is 5.73 Å². The predicted molar refractivity (Wildman–Crippen MR) is 64.8 cm³/mol. The monoisotopic (exact) mass is 253 g/mol. The highest BCUT2D eigenvalue weighted by Crippen LogP contribution is 2.20. The molecule has 1 amide bonds. The maximum atomic E-state index is 11.5. The van der Waals surface area contributed by atoms with Crippen molar-refractivity contribution in [3.63, 3.8) is 0 Å². The van der Waals surface area contributed by atoms with Crippen molar-refractivity contribution in [2.45, 2.75) is 39.5 Å². The second-order valence-corrected chi connectivity index (χ2v) is 4.70. The van der Waals surface area contributed by atoms with E-state index in [2.05, 4.69) is 5.16 Å². The molecule has 1 fully saturated rings. The molecule has 0 aromatic carbocycles. The smallest absolute Gasteiger partial charge is 0.237 e. The second kappa shape index (κ2) is 5.07. The van der Waals surface area contributed by atoms with Gasteiger partial charge in [0.1, 0.15) is 11.8 Å². The van der Waals surface area contributed by atoms with Crippen LogP contribution in [0, 0.1) is 13.8 Å². The molecule has 100 valence electrons. The van der Waals surface area contributed by atoms with E-state index in [1.165, 1.54) is 0 Å². The Bertz CT molecular complexity index is 424. The lowest BCUT2D eigenvalue weighted by molar-refractivity contribution is -0.136. The van der Waals surface area contributed by atoms with E-state index in [9.17, 15) is 4.79 Å². The van der Waals surface area contributed by atoms with Crippen molar-refractivity contribution in [3.05, 3.63) is 17.0 Å². The number of nitrogens with two attached hydrogens (primary N) is 1. The van der Waals surface area contributed by atoms with Crippen molar-refractivity contribution in [1.82, 2.24) is 10.1 Å². The molecule has 2 rings (SSSR count). The van der Waals surface area contributed by atoms with Crippen molar-refractivity contribution >= 4 is 5.91 Å². The molecule has 18 heavy (non-hydrogen) atoms. The number of rotatable bonds is 3. The van der Waals surface area contributed by atoms with Crippen molar-refractivity contribution in [3.8, 4) is 0 Å². The number of carbonyl (C=O) groups is 1. The summed E-state index contributed by atoms with van der Waals surface area (Å²) >= 11 is 0. The standard InChI is InChI=1S/C12H19N3O3/c1-7-10(8(2)18-14-7)6-15-4-5-17-9(3)11(15)12(13)16/h9,11H,4-6H2,1-3H3,(H2,13,16)/t9-,11+/m1/s1. The topological polar surface area (TPSA) is 81.6 Å². The largest absolute Gasteiger partial charge is 0.375 e. The lowest BCUT2D eigenvalue weighted by Crippen LogP contribution is -2.56. The van der Waals surface area contributed by atoms with E-state index in [4.69, 9.17) is 15.0 Å². The minimum Gasteiger partial charge on any atom is -0.375 e. The van der Waals surface area contributed by atoms with E-state index in [1.807, 2.05) is 25.7 Å². The van der Waals surface area contributed by atoms with Crippen LogP contribution >= 0.6 is 0 Å². The maximum absolute atomic E-state index is 11.5. The van der Waals surface area contributed by atoms with Gasteiger partial charge in [-0.25, -0.2) is 0 Å². The molecule has 6 heteroatoms. The molecule has 1 saturated heterocycles. The summed E-state index contributed by atoms with van der Waals surface area (Å²) in [4.78, 5) is 13.6. The lowest BCUT2D eigenvalue weighted by Gasteiger charge is -2.37. The van der Waals surface area contributed by atoms with Gasteiger partial charge in [0.2, 0.25) is 5.91 Å². The summed E-state index contributed by atoms with van der Waals surface area (Å²) in [5.74, 6) is 0.434. The van der Waals surface area contributed by atoms with Crippen molar-refractivity contribution in [1.29, 1.82) is 0 Å². The van der Waals surface area contributed by atoms with Gasteiger partial charge < -0.3 is 15.0 Å². The van der Waals surface area contributed by atoms with Gasteiger partial charge in [-0.1, -0.05) is 5.16 Å².